The van der Waals surface area contributed by atoms with Crippen molar-refractivity contribution >= 4 is 11.6 Å². The Morgan fingerprint density at radius 2 is 1.94 bits per heavy atom. The molecule has 0 aliphatic carbocycles. The molecule has 0 heterocycles. The number of benzene rings is 1. The van der Waals surface area contributed by atoms with Gasteiger partial charge >= 0.3 is 0 Å². The molecule has 4 heteroatoms. The lowest BCUT2D eigenvalue weighted by Gasteiger charge is -2.31. The molecule has 0 amide bonds. The van der Waals surface area contributed by atoms with Gasteiger partial charge < -0.3 is 9.84 Å². The molecule has 0 radical (unpaired) electrons. The summed E-state index contributed by atoms with van der Waals surface area (Å²) in [5.41, 5.74) is -0.920. The predicted molar refractivity (Wildman–Crippen MR) is 62.1 cm³/mol. The van der Waals surface area contributed by atoms with E-state index in [1.54, 1.807) is 13.8 Å². The van der Waals surface area contributed by atoms with Gasteiger partial charge in [0.2, 0.25) is 0 Å². The maximum Gasteiger partial charge on any atom is 0.134 e. The fraction of sp³-hybridized carbons (Fsp3) is 0.333. The topological polar surface area (TPSA) is 29.5 Å². The molecule has 0 spiro atoms. The van der Waals surface area contributed by atoms with Crippen LogP contribution in [-0.2, 0) is 0 Å². The molecular formula is C12H14ClFO2. The lowest BCUT2D eigenvalue weighted by Crippen LogP contribution is -2.42. The van der Waals surface area contributed by atoms with Crippen LogP contribution in [0, 0.1) is 5.82 Å². The maximum atomic E-state index is 12.7. The molecule has 0 saturated heterocycles. The Morgan fingerprint density at radius 1 is 1.44 bits per heavy atom. The van der Waals surface area contributed by atoms with Crippen LogP contribution in [-0.4, -0.2) is 16.8 Å². The second kappa shape index (κ2) is 4.85. The zero-order chi connectivity index (χ0) is 12.3. The van der Waals surface area contributed by atoms with Crippen LogP contribution in [0.3, 0.4) is 0 Å². The Balaban J connectivity index is 2.79. The van der Waals surface area contributed by atoms with E-state index in [4.69, 9.17) is 16.3 Å². The summed E-state index contributed by atoms with van der Waals surface area (Å²) in [7, 11) is 0. The van der Waals surface area contributed by atoms with Crippen LogP contribution in [0.4, 0.5) is 4.39 Å². The molecule has 0 fully saturated rings. The molecular weight excluding hydrogens is 231 g/mol. The van der Waals surface area contributed by atoms with Crippen LogP contribution in [0.25, 0.3) is 0 Å². The number of rotatable bonds is 4. The molecule has 1 N–H and O–H groups in total. The number of aliphatic hydroxyl groups is 1. The molecule has 0 aromatic heterocycles. The third-order valence-electron chi connectivity index (χ3n) is 2.15. The first-order valence-electron chi connectivity index (χ1n) is 4.80. The molecule has 1 aromatic rings. The smallest absolute Gasteiger partial charge is 0.134 e. The first-order valence-corrected chi connectivity index (χ1v) is 5.17. The molecule has 0 bridgehead atoms. The second-order valence-corrected chi connectivity index (χ2v) is 4.49. The van der Waals surface area contributed by atoms with Crippen LogP contribution in [0.15, 0.2) is 35.9 Å². The monoisotopic (exact) mass is 244 g/mol. The standard InChI is InChI=1S/C12H14ClFO2/c1-8(13)11(15)12(2,3)16-10-6-4-9(14)5-7-10/h4-7,11,15H,1H2,2-3H3. The Hall–Kier alpha value is -1.06. The summed E-state index contributed by atoms with van der Waals surface area (Å²) in [4.78, 5) is 0. The van der Waals surface area contributed by atoms with Gasteiger partial charge in [-0.3, -0.25) is 0 Å². The highest BCUT2D eigenvalue weighted by Crippen LogP contribution is 2.25. The SMILES string of the molecule is C=C(Cl)C(O)C(C)(C)Oc1ccc(F)cc1. The molecule has 1 aromatic carbocycles. The fourth-order valence-corrected chi connectivity index (χ4v) is 1.50. The zero-order valence-corrected chi connectivity index (χ0v) is 9.96. The summed E-state index contributed by atoms with van der Waals surface area (Å²) >= 11 is 5.62. The Bertz CT molecular complexity index is 373. The average molecular weight is 245 g/mol. The van der Waals surface area contributed by atoms with Crippen molar-refractivity contribution in [3.63, 3.8) is 0 Å². The number of hydrogen-bond acceptors (Lipinski definition) is 2. The van der Waals surface area contributed by atoms with Gasteiger partial charge in [0.05, 0.1) is 0 Å². The van der Waals surface area contributed by atoms with Crippen LogP contribution < -0.4 is 4.74 Å². The average Bonchev–Trinajstić information content (AvgIpc) is 2.20. The summed E-state index contributed by atoms with van der Waals surface area (Å²) in [6.07, 6.45) is -1.00. The van der Waals surface area contributed by atoms with Crippen molar-refractivity contribution < 1.29 is 14.2 Å². The van der Waals surface area contributed by atoms with E-state index in [0.717, 1.165) is 0 Å². The first kappa shape index (κ1) is 13.0. The number of hydrogen-bond donors (Lipinski definition) is 1. The van der Waals surface area contributed by atoms with Crippen molar-refractivity contribution in [2.24, 2.45) is 0 Å². The molecule has 0 aliphatic rings. The third-order valence-corrected chi connectivity index (χ3v) is 2.36. The number of aliphatic hydroxyl groups excluding tert-OH is 1. The zero-order valence-electron chi connectivity index (χ0n) is 9.21. The predicted octanol–water partition coefficient (Wildman–Crippen LogP) is 3.10. The van der Waals surface area contributed by atoms with E-state index in [0.29, 0.717) is 5.75 Å². The van der Waals surface area contributed by atoms with E-state index in [1.165, 1.54) is 24.3 Å². The summed E-state index contributed by atoms with van der Waals surface area (Å²) in [6, 6.07) is 5.54. The highest BCUT2D eigenvalue weighted by atomic mass is 35.5. The lowest BCUT2D eigenvalue weighted by molar-refractivity contribution is -0.00397. The van der Waals surface area contributed by atoms with Gasteiger partial charge in [0.15, 0.2) is 0 Å². The van der Waals surface area contributed by atoms with E-state index in [2.05, 4.69) is 6.58 Å². The van der Waals surface area contributed by atoms with Gasteiger partial charge in [0.25, 0.3) is 0 Å². The van der Waals surface area contributed by atoms with E-state index < -0.39 is 11.7 Å². The highest BCUT2D eigenvalue weighted by Gasteiger charge is 2.31. The van der Waals surface area contributed by atoms with E-state index in [9.17, 15) is 9.50 Å². The van der Waals surface area contributed by atoms with Gasteiger partial charge in [-0.2, -0.15) is 0 Å². The third kappa shape index (κ3) is 3.22. The van der Waals surface area contributed by atoms with Gasteiger partial charge in [-0.05, 0) is 38.1 Å². The number of halogens is 2. The van der Waals surface area contributed by atoms with Crippen molar-refractivity contribution in [1.82, 2.24) is 0 Å². The Morgan fingerprint density at radius 3 is 2.38 bits per heavy atom. The van der Waals surface area contributed by atoms with Crippen LogP contribution in [0.1, 0.15) is 13.8 Å². The molecule has 2 nitrogen and oxygen atoms in total. The van der Waals surface area contributed by atoms with E-state index >= 15 is 0 Å². The molecule has 1 atom stereocenters. The van der Waals surface area contributed by atoms with Crippen molar-refractivity contribution in [2.45, 2.75) is 25.6 Å². The Labute approximate surface area is 99.3 Å². The van der Waals surface area contributed by atoms with Crippen molar-refractivity contribution in [1.29, 1.82) is 0 Å². The molecule has 0 aliphatic heterocycles. The Kier molecular flexibility index (Phi) is 3.94. The summed E-state index contributed by atoms with van der Waals surface area (Å²) < 4.78 is 18.2. The highest BCUT2D eigenvalue weighted by molar-refractivity contribution is 6.29. The molecule has 1 rings (SSSR count). The summed E-state index contributed by atoms with van der Waals surface area (Å²) in [5, 5.41) is 9.84. The maximum absolute atomic E-state index is 12.7. The van der Waals surface area contributed by atoms with Crippen molar-refractivity contribution in [2.75, 3.05) is 0 Å². The normalized spacial score (nSPS) is 13.3. The van der Waals surface area contributed by atoms with Gasteiger partial charge in [0.1, 0.15) is 23.3 Å². The second-order valence-electron chi connectivity index (χ2n) is 4.01. The molecule has 16 heavy (non-hydrogen) atoms. The van der Waals surface area contributed by atoms with Gasteiger partial charge in [0, 0.05) is 5.03 Å². The minimum atomic E-state index is -1.00. The first-order chi connectivity index (χ1) is 7.33. The van der Waals surface area contributed by atoms with E-state index in [-0.39, 0.29) is 10.8 Å². The summed E-state index contributed by atoms with van der Waals surface area (Å²) in [5.74, 6) is 0.121. The van der Waals surface area contributed by atoms with Gasteiger partial charge in [-0.1, -0.05) is 18.2 Å². The van der Waals surface area contributed by atoms with Crippen LogP contribution >= 0.6 is 11.6 Å². The lowest BCUT2D eigenvalue weighted by atomic mass is 10.0. The molecule has 1 unspecified atom stereocenters. The van der Waals surface area contributed by atoms with Crippen molar-refractivity contribution in [3.8, 4) is 5.75 Å². The fourth-order valence-electron chi connectivity index (χ4n) is 1.24. The number of ether oxygens (including phenoxy) is 1. The van der Waals surface area contributed by atoms with Crippen LogP contribution in [0.2, 0.25) is 0 Å². The van der Waals surface area contributed by atoms with Gasteiger partial charge in [-0.25, -0.2) is 4.39 Å². The largest absolute Gasteiger partial charge is 0.485 e. The quantitative estimate of drug-likeness (QED) is 0.882. The minimum absolute atomic E-state index is 0.104. The van der Waals surface area contributed by atoms with Crippen LogP contribution in [0.5, 0.6) is 5.75 Å². The van der Waals surface area contributed by atoms with Gasteiger partial charge in [-0.15, -0.1) is 0 Å². The molecule has 0 saturated carbocycles. The minimum Gasteiger partial charge on any atom is -0.485 e. The summed E-state index contributed by atoms with van der Waals surface area (Å²) in [6.45, 7) is 6.80. The van der Waals surface area contributed by atoms with Crippen molar-refractivity contribution in [3.05, 3.63) is 41.7 Å². The molecule has 88 valence electrons. The van der Waals surface area contributed by atoms with E-state index in [1.807, 2.05) is 0 Å².